The number of aryl methyl sites for hydroxylation is 3. The number of aromatic nitrogens is 1. The molecule has 0 radical (unpaired) electrons. The van der Waals surface area contributed by atoms with Gasteiger partial charge >= 0.3 is 0 Å². The van der Waals surface area contributed by atoms with E-state index in [1.807, 2.05) is 43.6 Å². The van der Waals surface area contributed by atoms with Crippen molar-refractivity contribution in [2.24, 2.45) is 7.05 Å². The zero-order valence-corrected chi connectivity index (χ0v) is 13.4. The fourth-order valence-electron chi connectivity index (χ4n) is 2.00. The fraction of sp³-hybridized carbons (Fsp3) is 0.250. The Hall–Kier alpha value is -1.23. The Morgan fingerprint density at radius 1 is 1.16 bits per heavy atom. The molecule has 0 aliphatic rings. The highest BCUT2D eigenvalue weighted by Crippen LogP contribution is 2.07. The number of rotatable bonds is 4. The van der Waals surface area contributed by atoms with Gasteiger partial charge in [0, 0.05) is 30.5 Å². The standard InChI is InChI=1S/C16H18NO.HI/c1-13-10-11-17(2)15(12-13)8-9-16(18)14-6-4-3-5-7-14;/h3-7,10-12H,8-9H2,1-2H3;1H/q+1;/p-1. The van der Waals surface area contributed by atoms with Gasteiger partial charge in [-0.05, 0) is 12.5 Å². The van der Waals surface area contributed by atoms with Crippen LogP contribution in [0.5, 0.6) is 0 Å². The normalized spacial score (nSPS) is 9.79. The van der Waals surface area contributed by atoms with Crippen LogP contribution in [0.25, 0.3) is 0 Å². The van der Waals surface area contributed by atoms with Gasteiger partial charge in [0.05, 0.1) is 0 Å². The van der Waals surface area contributed by atoms with E-state index < -0.39 is 0 Å². The maximum atomic E-state index is 12.0. The first-order valence-electron chi connectivity index (χ1n) is 6.20. The van der Waals surface area contributed by atoms with Crippen molar-refractivity contribution in [2.45, 2.75) is 19.8 Å². The Morgan fingerprint density at radius 3 is 2.53 bits per heavy atom. The lowest BCUT2D eigenvalue weighted by Gasteiger charge is -2.02. The number of hydrogen-bond donors (Lipinski definition) is 0. The van der Waals surface area contributed by atoms with E-state index in [-0.39, 0.29) is 29.8 Å². The summed E-state index contributed by atoms with van der Waals surface area (Å²) in [7, 11) is 2.02. The number of nitrogens with zero attached hydrogens (tertiary/aromatic N) is 1. The first-order chi connectivity index (χ1) is 8.66. The summed E-state index contributed by atoms with van der Waals surface area (Å²) < 4.78 is 2.07. The number of Topliss-reactive ketones (excluding diaryl/α,β-unsaturated/α-hetero) is 1. The third kappa shape index (κ3) is 4.42. The van der Waals surface area contributed by atoms with E-state index >= 15 is 0 Å². The highest BCUT2D eigenvalue weighted by atomic mass is 127. The van der Waals surface area contributed by atoms with Crippen LogP contribution in [0.1, 0.15) is 28.0 Å². The molecule has 1 aromatic carbocycles. The van der Waals surface area contributed by atoms with Gasteiger partial charge < -0.3 is 24.0 Å². The maximum absolute atomic E-state index is 12.0. The molecule has 0 amide bonds. The molecule has 19 heavy (non-hydrogen) atoms. The van der Waals surface area contributed by atoms with Crippen LogP contribution in [0.15, 0.2) is 48.7 Å². The van der Waals surface area contributed by atoms with Gasteiger partial charge in [-0.2, -0.15) is 0 Å². The number of carbonyl (C=O) groups excluding carboxylic acids is 1. The quantitative estimate of drug-likeness (QED) is 0.411. The van der Waals surface area contributed by atoms with E-state index in [4.69, 9.17) is 0 Å². The fourth-order valence-corrected chi connectivity index (χ4v) is 2.00. The number of ketones is 1. The minimum absolute atomic E-state index is 0. The van der Waals surface area contributed by atoms with Crippen molar-refractivity contribution < 1.29 is 33.3 Å². The van der Waals surface area contributed by atoms with E-state index in [2.05, 4.69) is 23.6 Å². The molecule has 0 spiro atoms. The maximum Gasteiger partial charge on any atom is 0.181 e. The molecule has 0 atom stereocenters. The van der Waals surface area contributed by atoms with Gasteiger partial charge in [-0.25, -0.2) is 4.57 Å². The second-order valence-electron chi connectivity index (χ2n) is 4.60. The SMILES string of the molecule is Cc1cc[n+](C)c(CCC(=O)c2ccccc2)c1.[I-]. The molecule has 3 heteroatoms. The molecule has 2 aromatic rings. The lowest BCUT2D eigenvalue weighted by Crippen LogP contribution is -3.00. The molecular formula is C16H18INO. The summed E-state index contributed by atoms with van der Waals surface area (Å²) in [6.45, 7) is 2.07. The zero-order valence-electron chi connectivity index (χ0n) is 11.3. The van der Waals surface area contributed by atoms with Crippen LogP contribution in [0.4, 0.5) is 0 Å². The van der Waals surface area contributed by atoms with E-state index in [9.17, 15) is 4.79 Å². The predicted octanol–water partition coefficient (Wildman–Crippen LogP) is -0.361. The number of halogens is 1. The minimum Gasteiger partial charge on any atom is -1.00 e. The number of hydrogen-bond acceptors (Lipinski definition) is 1. The van der Waals surface area contributed by atoms with Gasteiger partial charge in [0.15, 0.2) is 17.7 Å². The Morgan fingerprint density at radius 2 is 1.84 bits per heavy atom. The van der Waals surface area contributed by atoms with Crippen LogP contribution in [0, 0.1) is 6.92 Å². The largest absolute Gasteiger partial charge is 1.00 e. The summed E-state index contributed by atoms with van der Waals surface area (Å²) >= 11 is 0. The lowest BCUT2D eigenvalue weighted by molar-refractivity contribution is -0.679. The van der Waals surface area contributed by atoms with Crippen molar-refractivity contribution in [1.29, 1.82) is 0 Å². The van der Waals surface area contributed by atoms with E-state index in [0.717, 1.165) is 12.0 Å². The molecule has 0 saturated heterocycles. The van der Waals surface area contributed by atoms with Crippen LogP contribution in [0.3, 0.4) is 0 Å². The van der Waals surface area contributed by atoms with Gasteiger partial charge in [-0.15, -0.1) is 0 Å². The summed E-state index contributed by atoms with van der Waals surface area (Å²) in [4.78, 5) is 12.0. The number of pyridine rings is 1. The van der Waals surface area contributed by atoms with Crippen molar-refractivity contribution in [3.8, 4) is 0 Å². The Balaban J connectivity index is 0.00000180. The first kappa shape index (κ1) is 15.8. The summed E-state index contributed by atoms with van der Waals surface area (Å²) in [6, 6.07) is 13.7. The molecule has 0 bridgehead atoms. The van der Waals surface area contributed by atoms with Gasteiger partial charge in [-0.1, -0.05) is 30.3 Å². The topological polar surface area (TPSA) is 20.9 Å². The van der Waals surface area contributed by atoms with E-state index in [0.29, 0.717) is 6.42 Å². The Bertz CT molecular complexity index is 552. The summed E-state index contributed by atoms with van der Waals surface area (Å²) in [5, 5.41) is 0. The predicted molar refractivity (Wildman–Crippen MR) is 71.4 cm³/mol. The molecule has 2 nitrogen and oxygen atoms in total. The molecule has 2 rings (SSSR count). The summed E-state index contributed by atoms with van der Waals surface area (Å²) in [5.74, 6) is 0.206. The van der Waals surface area contributed by atoms with E-state index in [1.165, 1.54) is 11.3 Å². The molecule has 0 N–H and O–H groups in total. The monoisotopic (exact) mass is 367 g/mol. The van der Waals surface area contributed by atoms with Crippen molar-refractivity contribution in [2.75, 3.05) is 0 Å². The second-order valence-corrected chi connectivity index (χ2v) is 4.60. The molecule has 0 fully saturated rings. The highest BCUT2D eigenvalue weighted by molar-refractivity contribution is 5.96. The molecule has 0 saturated carbocycles. The third-order valence-corrected chi connectivity index (χ3v) is 3.11. The second kappa shape index (κ2) is 7.38. The minimum atomic E-state index is 0. The lowest BCUT2D eigenvalue weighted by atomic mass is 10.0. The summed E-state index contributed by atoms with van der Waals surface area (Å²) in [5.41, 5.74) is 3.22. The van der Waals surface area contributed by atoms with E-state index in [1.54, 1.807) is 0 Å². The van der Waals surface area contributed by atoms with Gasteiger partial charge in [0.1, 0.15) is 7.05 Å². The molecule has 100 valence electrons. The molecular weight excluding hydrogens is 349 g/mol. The smallest absolute Gasteiger partial charge is 0.181 e. The first-order valence-corrected chi connectivity index (χ1v) is 6.20. The van der Waals surface area contributed by atoms with Crippen LogP contribution < -0.4 is 28.5 Å². The van der Waals surface area contributed by atoms with Gasteiger partial charge in [0.2, 0.25) is 0 Å². The van der Waals surface area contributed by atoms with Crippen LogP contribution in [-0.4, -0.2) is 5.78 Å². The Kier molecular flexibility index (Phi) is 6.15. The van der Waals surface area contributed by atoms with Crippen molar-refractivity contribution in [1.82, 2.24) is 0 Å². The molecule has 0 aliphatic heterocycles. The molecule has 0 unspecified atom stereocenters. The molecule has 1 heterocycles. The van der Waals surface area contributed by atoms with Gasteiger partial charge in [-0.3, -0.25) is 4.79 Å². The molecule has 1 aromatic heterocycles. The average Bonchev–Trinajstić information content (AvgIpc) is 2.40. The van der Waals surface area contributed by atoms with Crippen molar-refractivity contribution in [3.63, 3.8) is 0 Å². The average molecular weight is 367 g/mol. The Labute approximate surface area is 131 Å². The summed E-state index contributed by atoms with van der Waals surface area (Å²) in [6.07, 6.45) is 3.38. The molecule has 0 aliphatic carbocycles. The van der Waals surface area contributed by atoms with Crippen LogP contribution in [-0.2, 0) is 13.5 Å². The van der Waals surface area contributed by atoms with Crippen molar-refractivity contribution >= 4 is 5.78 Å². The van der Waals surface area contributed by atoms with Crippen LogP contribution in [0.2, 0.25) is 0 Å². The van der Waals surface area contributed by atoms with Gasteiger partial charge in [0.25, 0.3) is 0 Å². The number of benzene rings is 1. The zero-order chi connectivity index (χ0) is 13.0. The third-order valence-electron chi connectivity index (χ3n) is 3.11. The van der Waals surface area contributed by atoms with Crippen LogP contribution >= 0.6 is 0 Å². The highest BCUT2D eigenvalue weighted by Gasteiger charge is 2.11. The number of carbonyl (C=O) groups is 1. The van der Waals surface area contributed by atoms with Crippen molar-refractivity contribution in [3.05, 3.63) is 65.5 Å².